The molecule has 0 aromatic heterocycles. The number of methoxy groups -OCH3 is 1. The number of carboxylic acid groups (broad SMARTS) is 1. The summed E-state index contributed by atoms with van der Waals surface area (Å²) in [6, 6.07) is 10.5. The van der Waals surface area contributed by atoms with E-state index >= 15 is 0 Å². The molecule has 0 aliphatic carbocycles. The molecular formula is C24H35N3O6. The summed E-state index contributed by atoms with van der Waals surface area (Å²) in [6.07, 6.45) is 3.25. The molecule has 2 aliphatic heterocycles. The molecular weight excluding hydrogens is 426 g/mol. The van der Waals surface area contributed by atoms with Crippen LogP contribution in [-0.2, 0) is 30.3 Å². The van der Waals surface area contributed by atoms with Gasteiger partial charge >= 0.3 is 5.97 Å². The number of carbonyl (C=O) groups is 4. The van der Waals surface area contributed by atoms with Gasteiger partial charge in [0.1, 0.15) is 0 Å². The van der Waals surface area contributed by atoms with E-state index in [0.29, 0.717) is 12.3 Å². The number of nitrogens with one attached hydrogen (secondary N) is 1. The Bertz CT molecular complexity index is 803. The van der Waals surface area contributed by atoms with Gasteiger partial charge in [-0.2, -0.15) is 0 Å². The normalized spacial score (nSPS) is 21.5. The van der Waals surface area contributed by atoms with Crippen molar-refractivity contribution in [1.82, 2.24) is 15.1 Å². The summed E-state index contributed by atoms with van der Waals surface area (Å²) in [6.45, 7) is 5.48. The summed E-state index contributed by atoms with van der Waals surface area (Å²) in [5.74, 6) is 0.0674. The van der Waals surface area contributed by atoms with Gasteiger partial charge in [-0.15, -0.1) is 0 Å². The Labute approximate surface area is 195 Å². The van der Waals surface area contributed by atoms with Gasteiger partial charge in [0.05, 0.1) is 13.7 Å². The van der Waals surface area contributed by atoms with Crippen molar-refractivity contribution < 1.29 is 29.0 Å². The molecule has 9 heteroatoms. The Morgan fingerprint density at radius 2 is 1.91 bits per heavy atom. The van der Waals surface area contributed by atoms with Crippen LogP contribution in [0.25, 0.3) is 0 Å². The minimum atomic E-state index is -0.250. The minimum absolute atomic E-state index is 0.00377. The van der Waals surface area contributed by atoms with Crippen LogP contribution in [0.15, 0.2) is 30.3 Å². The number of carbonyl (C=O) groups excluding carboxylic acids is 3. The third-order valence-electron chi connectivity index (χ3n) is 6.51. The fourth-order valence-electron chi connectivity index (χ4n) is 4.91. The second kappa shape index (κ2) is 12.9. The number of hydrogen-bond donors (Lipinski definition) is 2. The van der Waals surface area contributed by atoms with E-state index in [2.05, 4.69) is 34.5 Å². The molecule has 1 aromatic carbocycles. The third kappa shape index (κ3) is 7.85. The van der Waals surface area contributed by atoms with Crippen LogP contribution in [0.5, 0.6) is 0 Å². The molecule has 2 fully saturated rings. The molecule has 9 nitrogen and oxygen atoms in total. The molecule has 33 heavy (non-hydrogen) atoms. The van der Waals surface area contributed by atoms with E-state index < -0.39 is 0 Å². The lowest BCUT2D eigenvalue weighted by molar-refractivity contribution is -0.140. The summed E-state index contributed by atoms with van der Waals surface area (Å²) in [4.78, 5) is 47.9. The molecule has 2 saturated heterocycles. The van der Waals surface area contributed by atoms with Gasteiger partial charge < -0.3 is 25.0 Å². The second-order valence-electron chi connectivity index (χ2n) is 8.75. The van der Waals surface area contributed by atoms with Crippen LogP contribution in [0.4, 0.5) is 0 Å². The van der Waals surface area contributed by atoms with Gasteiger partial charge in [-0.3, -0.25) is 19.2 Å². The van der Waals surface area contributed by atoms with Crippen LogP contribution in [0.1, 0.15) is 31.7 Å². The second-order valence-corrected chi connectivity index (χ2v) is 8.75. The van der Waals surface area contributed by atoms with Gasteiger partial charge in [-0.05, 0) is 37.3 Å². The zero-order chi connectivity index (χ0) is 24.3. The maximum absolute atomic E-state index is 12.6. The number of amides is 2. The first-order valence-electron chi connectivity index (χ1n) is 11.3. The fourth-order valence-corrected chi connectivity index (χ4v) is 4.91. The number of rotatable bonds is 9. The van der Waals surface area contributed by atoms with E-state index in [1.165, 1.54) is 19.6 Å². The van der Waals surface area contributed by atoms with Crippen LogP contribution >= 0.6 is 0 Å². The molecule has 0 radical (unpaired) electrons. The molecule has 2 heterocycles. The first-order chi connectivity index (χ1) is 15.8. The van der Waals surface area contributed by atoms with Crippen LogP contribution in [-0.4, -0.2) is 85.5 Å². The Kier molecular flexibility index (Phi) is 10.3. The maximum atomic E-state index is 12.6. The van der Waals surface area contributed by atoms with E-state index in [1.807, 2.05) is 11.0 Å². The highest BCUT2D eigenvalue weighted by Gasteiger charge is 2.52. The summed E-state index contributed by atoms with van der Waals surface area (Å²) < 4.78 is 4.75. The van der Waals surface area contributed by atoms with Gasteiger partial charge in [0.2, 0.25) is 11.8 Å². The van der Waals surface area contributed by atoms with Crippen molar-refractivity contribution in [3.8, 4) is 0 Å². The van der Waals surface area contributed by atoms with E-state index in [-0.39, 0.29) is 36.2 Å². The molecule has 0 unspecified atom stereocenters. The van der Waals surface area contributed by atoms with E-state index in [0.717, 1.165) is 52.0 Å². The summed E-state index contributed by atoms with van der Waals surface area (Å²) in [5.41, 5.74) is 1.38. The molecule has 2 N–H and O–H groups in total. The zero-order valence-electron chi connectivity index (χ0n) is 19.5. The summed E-state index contributed by atoms with van der Waals surface area (Å²) >= 11 is 0. The van der Waals surface area contributed by atoms with Crippen molar-refractivity contribution in [2.75, 3.05) is 46.4 Å². The van der Waals surface area contributed by atoms with Crippen molar-refractivity contribution in [3.63, 3.8) is 0 Å². The number of ether oxygens (including phenoxy) is 1. The van der Waals surface area contributed by atoms with E-state index in [9.17, 15) is 14.4 Å². The molecule has 1 aromatic rings. The lowest BCUT2D eigenvalue weighted by atomic mass is 9.76. The highest BCUT2D eigenvalue weighted by Crippen LogP contribution is 2.45. The van der Waals surface area contributed by atoms with Crippen molar-refractivity contribution in [3.05, 3.63) is 35.9 Å². The highest BCUT2D eigenvalue weighted by atomic mass is 16.5. The number of likely N-dealkylation sites (tertiary alicyclic amines) is 2. The fraction of sp³-hybridized carbons (Fsp3) is 0.583. The first-order valence-corrected chi connectivity index (χ1v) is 11.3. The van der Waals surface area contributed by atoms with Gasteiger partial charge in [-0.25, -0.2) is 0 Å². The molecule has 0 spiro atoms. The highest BCUT2D eigenvalue weighted by molar-refractivity contribution is 5.84. The maximum Gasteiger partial charge on any atom is 0.305 e. The Morgan fingerprint density at radius 1 is 1.21 bits per heavy atom. The van der Waals surface area contributed by atoms with Crippen LogP contribution in [0.2, 0.25) is 0 Å². The monoisotopic (exact) mass is 461 g/mol. The molecule has 2 atom stereocenters. The van der Waals surface area contributed by atoms with Gasteiger partial charge in [0, 0.05) is 44.9 Å². The first kappa shape index (κ1) is 26.3. The number of fused-ring (bicyclic) bond motifs is 1. The van der Waals surface area contributed by atoms with Crippen molar-refractivity contribution >= 4 is 24.3 Å². The van der Waals surface area contributed by atoms with E-state index in [1.54, 1.807) is 0 Å². The smallest absolute Gasteiger partial charge is 0.305 e. The zero-order valence-corrected chi connectivity index (χ0v) is 19.5. The van der Waals surface area contributed by atoms with Crippen molar-refractivity contribution in [2.24, 2.45) is 11.3 Å². The lowest BCUT2D eigenvalue weighted by Gasteiger charge is -2.30. The minimum Gasteiger partial charge on any atom is -0.483 e. The number of benzene rings is 1. The predicted molar refractivity (Wildman–Crippen MR) is 122 cm³/mol. The largest absolute Gasteiger partial charge is 0.483 e. The van der Waals surface area contributed by atoms with Crippen LogP contribution in [0.3, 0.4) is 0 Å². The molecule has 2 aliphatic rings. The lowest BCUT2D eigenvalue weighted by Crippen LogP contribution is -2.41. The van der Waals surface area contributed by atoms with Gasteiger partial charge in [-0.1, -0.05) is 30.3 Å². The Morgan fingerprint density at radius 3 is 2.55 bits per heavy atom. The van der Waals surface area contributed by atoms with Crippen LogP contribution in [0, 0.1) is 11.3 Å². The average Bonchev–Trinajstić information content (AvgIpc) is 3.31. The average molecular weight is 462 g/mol. The SMILES string of the molecule is COC(=O)CCCN1C[C@H]2CN(C(=O)CNC(C)=O)C[C@@]2(CCc2ccccc2)C1.O=CO. The third-order valence-corrected chi connectivity index (χ3v) is 6.51. The van der Waals surface area contributed by atoms with Crippen LogP contribution < -0.4 is 5.32 Å². The molecule has 182 valence electrons. The summed E-state index contributed by atoms with van der Waals surface area (Å²) in [7, 11) is 1.42. The number of esters is 1. The van der Waals surface area contributed by atoms with Crippen molar-refractivity contribution in [2.45, 2.75) is 32.6 Å². The number of nitrogens with zero attached hydrogens (tertiary/aromatic N) is 2. The Hall–Kier alpha value is -2.94. The van der Waals surface area contributed by atoms with E-state index in [4.69, 9.17) is 14.6 Å². The van der Waals surface area contributed by atoms with Gasteiger partial charge in [0.25, 0.3) is 6.47 Å². The summed E-state index contributed by atoms with van der Waals surface area (Å²) in [5, 5.41) is 9.52. The number of hydrogen-bond acceptors (Lipinski definition) is 6. The molecule has 0 saturated carbocycles. The molecule has 0 bridgehead atoms. The quantitative estimate of drug-likeness (QED) is 0.419. The Balaban J connectivity index is 0.00000122. The topological polar surface area (TPSA) is 116 Å². The molecule has 2 amide bonds. The predicted octanol–water partition coefficient (Wildman–Crippen LogP) is 1.17. The molecule has 3 rings (SSSR count). The van der Waals surface area contributed by atoms with Gasteiger partial charge in [0.15, 0.2) is 0 Å². The standard InChI is InChI=1S/C23H33N3O4.CH2O2/c1-18(27)24-13-21(28)26-15-20-14-25(12-6-9-22(29)30-2)16-23(20,17-26)11-10-19-7-4-3-5-8-19;2-1-3/h3-5,7-8,20H,6,9-17H2,1-2H3,(H,24,27);1H,(H,2,3)/t20-,23+;/m0./s1. The number of aryl methyl sites for hydroxylation is 1. The van der Waals surface area contributed by atoms with Crippen molar-refractivity contribution in [1.29, 1.82) is 0 Å².